The first-order valence-corrected chi connectivity index (χ1v) is 11.6. The average molecular weight is 408 g/mol. The van der Waals surface area contributed by atoms with Crippen molar-refractivity contribution in [2.24, 2.45) is 0 Å². The minimum Gasteiger partial charge on any atom is -0.306 e. The molecular formula is C24H29N3OS. The number of thiophene rings is 1. The van der Waals surface area contributed by atoms with E-state index in [2.05, 4.69) is 38.8 Å². The number of carbonyl (C=O) groups excluding carboxylic acids is 1. The summed E-state index contributed by atoms with van der Waals surface area (Å²) in [6, 6.07) is 10.4. The van der Waals surface area contributed by atoms with Gasteiger partial charge in [-0.3, -0.25) is 9.69 Å². The summed E-state index contributed by atoms with van der Waals surface area (Å²) in [5, 5.41) is 13.3. The fraction of sp³-hybridized carbons (Fsp3) is 0.500. The van der Waals surface area contributed by atoms with E-state index in [0.717, 1.165) is 56.6 Å². The van der Waals surface area contributed by atoms with E-state index in [9.17, 15) is 4.79 Å². The van der Waals surface area contributed by atoms with Crippen molar-refractivity contribution in [3.63, 3.8) is 0 Å². The van der Waals surface area contributed by atoms with Crippen molar-refractivity contribution < 1.29 is 4.79 Å². The van der Waals surface area contributed by atoms with Crippen molar-refractivity contribution in [3.05, 3.63) is 51.7 Å². The third kappa shape index (κ3) is 4.24. The number of nitriles is 1. The molecule has 1 aromatic heterocycles. The molecule has 1 aromatic carbocycles. The van der Waals surface area contributed by atoms with Gasteiger partial charge >= 0.3 is 0 Å². The molecule has 0 unspecified atom stereocenters. The van der Waals surface area contributed by atoms with Gasteiger partial charge in [0.15, 0.2) is 0 Å². The Morgan fingerprint density at radius 3 is 2.76 bits per heavy atom. The maximum atomic E-state index is 12.7. The Labute approximate surface area is 177 Å². The van der Waals surface area contributed by atoms with Crippen LogP contribution in [0.15, 0.2) is 35.0 Å². The Bertz CT molecular complexity index is 893. The summed E-state index contributed by atoms with van der Waals surface area (Å²) in [6.45, 7) is 4.69. The maximum Gasteiger partial charge on any atom is 0.224 e. The van der Waals surface area contributed by atoms with Gasteiger partial charge in [0, 0.05) is 37.5 Å². The summed E-state index contributed by atoms with van der Waals surface area (Å²) in [6.07, 6.45) is 7.89. The lowest BCUT2D eigenvalue weighted by Gasteiger charge is -2.47. The first-order valence-electron chi connectivity index (χ1n) is 10.7. The van der Waals surface area contributed by atoms with Crippen molar-refractivity contribution >= 4 is 22.9 Å². The van der Waals surface area contributed by atoms with Crippen molar-refractivity contribution in [1.29, 1.82) is 5.26 Å². The molecule has 0 radical (unpaired) electrons. The van der Waals surface area contributed by atoms with Crippen molar-refractivity contribution in [2.45, 2.75) is 64.0 Å². The highest BCUT2D eigenvalue weighted by Crippen LogP contribution is 2.40. The number of benzene rings is 1. The molecule has 1 amide bonds. The van der Waals surface area contributed by atoms with E-state index in [1.54, 1.807) is 18.3 Å². The van der Waals surface area contributed by atoms with Gasteiger partial charge in [-0.2, -0.15) is 16.6 Å². The van der Waals surface area contributed by atoms with Gasteiger partial charge in [-0.25, -0.2) is 0 Å². The fourth-order valence-corrected chi connectivity index (χ4v) is 5.83. The van der Waals surface area contributed by atoms with Crippen molar-refractivity contribution in [3.8, 4) is 6.07 Å². The highest BCUT2D eigenvalue weighted by Gasteiger charge is 2.40. The second kappa shape index (κ2) is 8.69. The van der Waals surface area contributed by atoms with Crippen LogP contribution in [-0.4, -0.2) is 29.4 Å². The van der Waals surface area contributed by atoms with Crippen LogP contribution in [-0.2, 0) is 17.8 Å². The predicted octanol–water partition coefficient (Wildman–Crippen LogP) is 5.12. The molecule has 0 saturated heterocycles. The lowest BCUT2D eigenvalue weighted by atomic mass is 9.77. The minimum absolute atomic E-state index is 0.0594. The van der Waals surface area contributed by atoms with Crippen LogP contribution >= 0.6 is 11.3 Å². The van der Waals surface area contributed by atoms with Gasteiger partial charge in [-0.15, -0.1) is 0 Å². The highest BCUT2D eigenvalue weighted by atomic mass is 32.1. The molecule has 2 aliphatic rings. The van der Waals surface area contributed by atoms with Crippen LogP contribution in [0.1, 0.15) is 62.1 Å². The third-order valence-electron chi connectivity index (χ3n) is 6.66. The molecule has 0 atom stereocenters. The van der Waals surface area contributed by atoms with Crippen LogP contribution in [0.3, 0.4) is 0 Å². The molecule has 2 heterocycles. The van der Waals surface area contributed by atoms with Crippen LogP contribution in [0, 0.1) is 11.3 Å². The van der Waals surface area contributed by atoms with Gasteiger partial charge in [-0.05, 0) is 60.4 Å². The van der Waals surface area contributed by atoms with Gasteiger partial charge in [0.25, 0.3) is 0 Å². The zero-order chi connectivity index (χ0) is 20.3. The standard InChI is InChI=1S/C24H29N3OS/c1-19(28)27(23-8-14-29-18-23)24(9-3-2-4-10-24)11-13-26-12-7-21-15-20(16-25)5-6-22(21)17-26/h5-6,8,14-15,18H,2-4,7,9-13,17H2,1H3. The van der Waals surface area contributed by atoms with Crippen LogP contribution in [0.5, 0.6) is 0 Å². The molecular weight excluding hydrogens is 378 g/mol. The summed E-state index contributed by atoms with van der Waals surface area (Å²) in [5.41, 5.74) is 4.42. The zero-order valence-electron chi connectivity index (χ0n) is 17.2. The molecule has 5 heteroatoms. The molecule has 4 rings (SSSR count). The average Bonchev–Trinajstić information content (AvgIpc) is 3.26. The number of carbonyl (C=O) groups is 1. The molecule has 0 spiro atoms. The van der Waals surface area contributed by atoms with E-state index in [4.69, 9.17) is 5.26 Å². The summed E-state index contributed by atoms with van der Waals surface area (Å²) in [4.78, 5) is 17.3. The van der Waals surface area contributed by atoms with Crippen LogP contribution in [0.25, 0.3) is 0 Å². The molecule has 152 valence electrons. The molecule has 0 bridgehead atoms. The molecule has 29 heavy (non-hydrogen) atoms. The van der Waals surface area contributed by atoms with E-state index in [-0.39, 0.29) is 11.4 Å². The van der Waals surface area contributed by atoms with Crippen LogP contribution in [0.4, 0.5) is 5.69 Å². The van der Waals surface area contributed by atoms with Gasteiger partial charge in [0.2, 0.25) is 5.91 Å². The largest absolute Gasteiger partial charge is 0.306 e. The number of fused-ring (bicyclic) bond motifs is 1. The second-order valence-corrected chi connectivity index (χ2v) is 9.27. The minimum atomic E-state index is -0.0594. The molecule has 0 N–H and O–H groups in total. The third-order valence-corrected chi connectivity index (χ3v) is 7.33. The van der Waals surface area contributed by atoms with Gasteiger partial charge < -0.3 is 4.90 Å². The maximum absolute atomic E-state index is 12.7. The topological polar surface area (TPSA) is 47.3 Å². The molecule has 1 aliphatic heterocycles. The Kier molecular flexibility index (Phi) is 6.03. The summed E-state index contributed by atoms with van der Waals surface area (Å²) in [7, 11) is 0. The van der Waals surface area contributed by atoms with Crippen LogP contribution in [0.2, 0.25) is 0 Å². The lowest BCUT2D eigenvalue weighted by Crippen LogP contribution is -2.54. The van der Waals surface area contributed by atoms with E-state index in [1.165, 1.54) is 30.4 Å². The molecule has 2 aromatic rings. The molecule has 4 nitrogen and oxygen atoms in total. The van der Waals surface area contributed by atoms with Gasteiger partial charge in [-0.1, -0.05) is 25.3 Å². The zero-order valence-corrected chi connectivity index (χ0v) is 18.0. The molecule has 1 saturated carbocycles. The summed E-state index contributed by atoms with van der Waals surface area (Å²) < 4.78 is 0. The highest BCUT2D eigenvalue weighted by molar-refractivity contribution is 7.08. The first-order chi connectivity index (χ1) is 14.1. The number of amides is 1. The quantitative estimate of drug-likeness (QED) is 0.691. The number of hydrogen-bond donors (Lipinski definition) is 0. The van der Waals surface area contributed by atoms with Crippen molar-refractivity contribution in [1.82, 2.24) is 4.90 Å². The smallest absolute Gasteiger partial charge is 0.224 e. The van der Waals surface area contributed by atoms with Gasteiger partial charge in [0.1, 0.15) is 0 Å². The number of hydrogen-bond acceptors (Lipinski definition) is 4. The Morgan fingerprint density at radius 1 is 1.24 bits per heavy atom. The SMILES string of the molecule is CC(=O)N(c1ccsc1)C1(CCN2CCc3cc(C#N)ccc3C2)CCCCC1. The normalized spacial score (nSPS) is 18.6. The fourth-order valence-electron chi connectivity index (χ4n) is 5.21. The first kappa shape index (κ1) is 20.1. The Balaban J connectivity index is 1.50. The van der Waals surface area contributed by atoms with E-state index in [0.29, 0.717) is 0 Å². The van der Waals surface area contributed by atoms with E-state index in [1.807, 2.05) is 12.1 Å². The molecule has 1 aliphatic carbocycles. The molecule has 1 fully saturated rings. The monoisotopic (exact) mass is 407 g/mol. The Morgan fingerprint density at radius 2 is 2.07 bits per heavy atom. The number of rotatable bonds is 5. The van der Waals surface area contributed by atoms with Crippen LogP contribution < -0.4 is 4.90 Å². The summed E-state index contributed by atoms with van der Waals surface area (Å²) >= 11 is 1.66. The van der Waals surface area contributed by atoms with E-state index < -0.39 is 0 Å². The number of anilines is 1. The number of nitrogens with zero attached hydrogens (tertiary/aromatic N) is 3. The lowest BCUT2D eigenvalue weighted by molar-refractivity contribution is -0.118. The predicted molar refractivity (Wildman–Crippen MR) is 118 cm³/mol. The van der Waals surface area contributed by atoms with Crippen molar-refractivity contribution in [2.75, 3.05) is 18.0 Å². The summed E-state index contributed by atoms with van der Waals surface area (Å²) in [5.74, 6) is 0.165. The Hall–Kier alpha value is -2.16. The van der Waals surface area contributed by atoms with E-state index >= 15 is 0 Å². The second-order valence-electron chi connectivity index (χ2n) is 8.49. The van der Waals surface area contributed by atoms with Gasteiger partial charge in [0.05, 0.1) is 17.3 Å².